The van der Waals surface area contributed by atoms with Gasteiger partial charge in [0, 0.05) is 31.1 Å². The second-order valence-corrected chi connectivity index (χ2v) is 5.16. The first kappa shape index (κ1) is 16.7. The molecule has 0 spiro atoms. The van der Waals surface area contributed by atoms with Gasteiger partial charge >= 0.3 is 5.97 Å². The highest BCUT2D eigenvalue weighted by molar-refractivity contribution is 5.90. The number of amides is 1. The van der Waals surface area contributed by atoms with Crippen LogP contribution in [0.1, 0.15) is 31.2 Å². The molecule has 2 rings (SSSR count). The molecule has 0 saturated carbocycles. The zero-order chi connectivity index (χ0) is 16.8. The predicted molar refractivity (Wildman–Crippen MR) is 82.5 cm³/mol. The Morgan fingerprint density at radius 2 is 1.96 bits per heavy atom. The lowest BCUT2D eigenvalue weighted by atomic mass is 9.92. The first-order valence-corrected chi connectivity index (χ1v) is 7.28. The molecule has 1 heterocycles. The summed E-state index contributed by atoms with van der Waals surface area (Å²) in [5, 5.41) is 15.8. The van der Waals surface area contributed by atoms with Gasteiger partial charge in [-0.15, -0.1) is 0 Å². The molecule has 0 fully saturated rings. The second kappa shape index (κ2) is 7.53. The highest BCUT2D eigenvalue weighted by Crippen LogP contribution is 2.24. The molecule has 1 aromatic carbocycles. The zero-order valence-electron chi connectivity index (χ0n) is 12.7. The summed E-state index contributed by atoms with van der Waals surface area (Å²) in [4.78, 5) is 23.1. The molecular weight excluding hydrogens is 301 g/mol. The molecule has 2 aromatic rings. The first-order valence-electron chi connectivity index (χ1n) is 7.28. The fourth-order valence-corrected chi connectivity index (χ4v) is 2.28. The van der Waals surface area contributed by atoms with Crippen molar-refractivity contribution < 1.29 is 19.1 Å². The number of halogens is 1. The summed E-state index contributed by atoms with van der Waals surface area (Å²) in [5.74, 6) is -1.85. The van der Waals surface area contributed by atoms with Crippen molar-refractivity contribution in [2.24, 2.45) is 0 Å². The number of nitrogens with one attached hydrogen (secondary N) is 1. The van der Waals surface area contributed by atoms with E-state index >= 15 is 0 Å². The van der Waals surface area contributed by atoms with Crippen molar-refractivity contribution in [3.05, 3.63) is 47.9 Å². The van der Waals surface area contributed by atoms with Crippen LogP contribution < -0.4 is 5.32 Å². The summed E-state index contributed by atoms with van der Waals surface area (Å²) in [6.45, 7) is 2.61. The van der Waals surface area contributed by atoms with E-state index in [2.05, 4.69) is 10.4 Å². The van der Waals surface area contributed by atoms with E-state index in [-0.39, 0.29) is 18.7 Å². The van der Waals surface area contributed by atoms with Crippen molar-refractivity contribution in [3.8, 4) is 0 Å². The van der Waals surface area contributed by atoms with Crippen LogP contribution in [-0.4, -0.2) is 26.8 Å². The molecule has 23 heavy (non-hydrogen) atoms. The fourth-order valence-electron chi connectivity index (χ4n) is 2.28. The normalized spacial score (nSPS) is 11.9. The number of aliphatic carboxylic acids is 1. The van der Waals surface area contributed by atoms with E-state index in [1.165, 1.54) is 24.3 Å². The van der Waals surface area contributed by atoms with Crippen LogP contribution in [0.5, 0.6) is 0 Å². The summed E-state index contributed by atoms with van der Waals surface area (Å²) in [7, 11) is 0. The van der Waals surface area contributed by atoms with Gasteiger partial charge in [0.1, 0.15) is 5.82 Å². The Morgan fingerprint density at radius 1 is 1.26 bits per heavy atom. The van der Waals surface area contributed by atoms with Gasteiger partial charge in [0.15, 0.2) is 5.82 Å². The minimum Gasteiger partial charge on any atom is -0.481 e. The van der Waals surface area contributed by atoms with E-state index < -0.39 is 17.7 Å². The van der Waals surface area contributed by atoms with E-state index in [4.69, 9.17) is 5.11 Å². The van der Waals surface area contributed by atoms with Crippen molar-refractivity contribution in [3.63, 3.8) is 0 Å². The van der Waals surface area contributed by atoms with Gasteiger partial charge in [0.05, 0.1) is 6.42 Å². The number of nitrogens with zero attached hydrogens (tertiary/aromatic N) is 2. The van der Waals surface area contributed by atoms with E-state index in [0.29, 0.717) is 17.9 Å². The standard InChI is InChI=1S/C16H18FN3O3/c1-2-20-8-7-14(19-20)18-15(21)9-12(10-16(22)23)11-3-5-13(17)6-4-11/h3-8,12H,2,9-10H2,1H3,(H,22,23)(H,18,19,21)/t12-/m1/s1. The Balaban J connectivity index is 2.05. The molecule has 1 amide bonds. The van der Waals surface area contributed by atoms with E-state index in [9.17, 15) is 14.0 Å². The van der Waals surface area contributed by atoms with Gasteiger partial charge in [-0.05, 0) is 24.6 Å². The van der Waals surface area contributed by atoms with Gasteiger partial charge in [-0.3, -0.25) is 14.3 Å². The number of hydrogen-bond acceptors (Lipinski definition) is 3. The monoisotopic (exact) mass is 319 g/mol. The Morgan fingerprint density at radius 3 is 2.52 bits per heavy atom. The molecule has 0 unspecified atom stereocenters. The molecular formula is C16H18FN3O3. The van der Waals surface area contributed by atoms with Gasteiger partial charge in [-0.25, -0.2) is 4.39 Å². The number of aryl methyl sites for hydroxylation is 1. The molecule has 122 valence electrons. The van der Waals surface area contributed by atoms with Crippen LogP contribution in [0.2, 0.25) is 0 Å². The average molecular weight is 319 g/mol. The maximum atomic E-state index is 13.0. The molecule has 7 heteroatoms. The lowest BCUT2D eigenvalue weighted by Gasteiger charge is -2.14. The number of anilines is 1. The fraction of sp³-hybridized carbons (Fsp3) is 0.312. The number of carbonyl (C=O) groups is 2. The molecule has 1 atom stereocenters. The molecule has 0 saturated heterocycles. The third-order valence-corrected chi connectivity index (χ3v) is 3.43. The van der Waals surface area contributed by atoms with E-state index in [1.54, 1.807) is 16.9 Å². The number of carbonyl (C=O) groups excluding carboxylic acids is 1. The lowest BCUT2D eigenvalue weighted by Crippen LogP contribution is -2.18. The molecule has 2 N–H and O–H groups in total. The average Bonchev–Trinajstić information content (AvgIpc) is 2.94. The van der Waals surface area contributed by atoms with Gasteiger partial charge in [-0.2, -0.15) is 5.10 Å². The van der Waals surface area contributed by atoms with Crippen molar-refractivity contribution in [2.45, 2.75) is 32.2 Å². The third-order valence-electron chi connectivity index (χ3n) is 3.43. The van der Waals surface area contributed by atoms with Crippen LogP contribution in [0.25, 0.3) is 0 Å². The number of carboxylic acids is 1. The summed E-state index contributed by atoms with van der Waals surface area (Å²) >= 11 is 0. The predicted octanol–water partition coefficient (Wildman–Crippen LogP) is 2.63. The summed E-state index contributed by atoms with van der Waals surface area (Å²) < 4.78 is 14.7. The smallest absolute Gasteiger partial charge is 0.303 e. The Labute approximate surface area is 132 Å². The van der Waals surface area contributed by atoms with Gasteiger partial charge in [0.2, 0.25) is 5.91 Å². The van der Waals surface area contributed by atoms with Gasteiger partial charge in [-0.1, -0.05) is 12.1 Å². The zero-order valence-corrected chi connectivity index (χ0v) is 12.7. The van der Waals surface area contributed by atoms with Crippen molar-refractivity contribution in [2.75, 3.05) is 5.32 Å². The van der Waals surface area contributed by atoms with Crippen molar-refractivity contribution >= 4 is 17.7 Å². The van der Waals surface area contributed by atoms with Crippen molar-refractivity contribution in [1.82, 2.24) is 9.78 Å². The number of rotatable bonds is 7. The van der Waals surface area contributed by atoms with Gasteiger partial charge in [0.25, 0.3) is 0 Å². The van der Waals surface area contributed by atoms with Crippen LogP contribution in [-0.2, 0) is 16.1 Å². The SMILES string of the molecule is CCn1ccc(NC(=O)C[C@H](CC(=O)O)c2ccc(F)cc2)n1. The largest absolute Gasteiger partial charge is 0.481 e. The Kier molecular flexibility index (Phi) is 5.46. The second-order valence-electron chi connectivity index (χ2n) is 5.16. The van der Waals surface area contributed by atoms with Crippen LogP contribution in [0, 0.1) is 5.82 Å². The van der Waals surface area contributed by atoms with Gasteiger partial charge < -0.3 is 10.4 Å². The van der Waals surface area contributed by atoms with Crippen LogP contribution in [0.4, 0.5) is 10.2 Å². The van der Waals surface area contributed by atoms with Crippen molar-refractivity contribution in [1.29, 1.82) is 0 Å². The molecule has 6 nitrogen and oxygen atoms in total. The lowest BCUT2D eigenvalue weighted by molar-refractivity contribution is -0.137. The minimum atomic E-state index is -1.01. The third kappa shape index (κ3) is 4.91. The minimum absolute atomic E-state index is 0.0169. The number of carboxylic acid groups (broad SMARTS) is 1. The topological polar surface area (TPSA) is 84.2 Å². The maximum absolute atomic E-state index is 13.0. The van der Waals surface area contributed by atoms with E-state index in [1.807, 2.05) is 6.92 Å². The molecule has 1 aromatic heterocycles. The quantitative estimate of drug-likeness (QED) is 0.821. The summed E-state index contributed by atoms with van der Waals surface area (Å²) in [5.41, 5.74) is 0.614. The van der Waals surface area contributed by atoms with Crippen LogP contribution in [0.3, 0.4) is 0 Å². The molecule has 0 aliphatic carbocycles. The van der Waals surface area contributed by atoms with Crippen LogP contribution in [0.15, 0.2) is 36.5 Å². The molecule has 0 bridgehead atoms. The summed E-state index contributed by atoms with van der Waals surface area (Å²) in [6.07, 6.45) is 1.52. The first-order chi connectivity index (χ1) is 11.0. The van der Waals surface area contributed by atoms with E-state index in [0.717, 1.165) is 0 Å². The number of hydrogen-bond donors (Lipinski definition) is 2. The molecule has 0 radical (unpaired) electrons. The highest BCUT2D eigenvalue weighted by atomic mass is 19.1. The maximum Gasteiger partial charge on any atom is 0.303 e. The number of aromatic nitrogens is 2. The highest BCUT2D eigenvalue weighted by Gasteiger charge is 2.20. The summed E-state index contributed by atoms with van der Waals surface area (Å²) in [6, 6.07) is 7.19. The Hall–Kier alpha value is -2.70. The number of benzene rings is 1. The molecule has 0 aliphatic heterocycles. The van der Waals surface area contributed by atoms with Crippen LogP contribution >= 0.6 is 0 Å². The molecule has 0 aliphatic rings. The Bertz CT molecular complexity index is 682.